The number of hydrogen-bond acceptors (Lipinski definition) is 2. The van der Waals surface area contributed by atoms with Gasteiger partial charge in [0, 0.05) is 26.2 Å². The first-order valence-corrected chi connectivity index (χ1v) is 20.6. The van der Waals surface area contributed by atoms with E-state index in [0.29, 0.717) is 5.92 Å². The number of benzene rings is 5. The molecule has 0 radical (unpaired) electrons. The fourth-order valence-electron chi connectivity index (χ4n) is 9.43. The molecule has 0 spiro atoms. The van der Waals surface area contributed by atoms with Gasteiger partial charge < -0.3 is 18.0 Å². The van der Waals surface area contributed by atoms with Gasteiger partial charge >= 0.3 is 0 Å². The van der Waals surface area contributed by atoms with E-state index in [0.717, 1.165) is 34.0 Å². The number of hydrogen-bond donors (Lipinski definition) is 0. The van der Waals surface area contributed by atoms with E-state index in [1.165, 1.54) is 75.6 Å². The third kappa shape index (κ3) is 4.50. The fourth-order valence-corrected chi connectivity index (χ4v) is 10.6. The van der Waals surface area contributed by atoms with Crippen molar-refractivity contribution in [1.29, 1.82) is 0 Å². The van der Waals surface area contributed by atoms with Gasteiger partial charge in [-0.15, -0.1) is 11.3 Å². The molecule has 55 heavy (non-hydrogen) atoms. The van der Waals surface area contributed by atoms with E-state index in [1.807, 2.05) is 11.3 Å². The highest BCUT2D eigenvalue weighted by molar-refractivity contribution is 7.26. The molecule has 0 saturated heterocycles. The van der Waals surface area contributed by atoms with Crippen LogP contribution in [-0.4, -0.2) is 13.5 Å². The third-order valence-electron chi connectivity index (χ3n) is 12.5. The Kier molecular flexibility index (Phi) is 6.46. The van der Waals surface area contributed by atoms with Crippen LogP contribution in [0.2, 0.25) is 0 Å². The van der Waals surface area contributed by atoms with Crippen molar-refractivity contribution >= 4 is 87.1 Å². The van der Waals surface area contributed by atoms with E-state index in [9.17, 15) is 0 Å². The minimum atomic E-state index is -0.0380. The summed E-state index contributed by atoms with van der Waals surface area (Å²) in [6.45, 7) is 21.2. The summed E-state index contributed by atoms with van der Waals surface area (Å²) in [7, 11) is 0. The smallest absolute Gasteiger partial charge is 0.159 e. The van der Waals surface area contributed by atoms with Crippen LogP contribution in [0.15, 0.2) is 101 Å². The van der Waals surface area contributed by atoms with Crippen molar-refractivity contribution in [2.75, 3.05) is 0 Å². The van der Waals surface area contributed by atoms with Crippen LogP contribution in [0.1, 0.15) is 79.1 Å². The quantitative estimate of drug-likeness (QED) is 0.154. The molecule has 0 amide bonds. The van der Waals surface area contributed by atoms with E-state index in [1.54, 1.807) is 0 Å². The first-order chi connectivity index (χ1) is 26.2. The number of fused-ring (bicyclic) bond motifs is 12. The molecule has 3 aromatic heterocycles. The molecule has 0 fully saturated rings. The SMILES string of the molecule is CC(C)(C)c1ccc2c(c1)n(-c1cccc3c1oc1ccccc13)c1c3c(n4c5c6ccccc6sc5c5cc(C(C)(C)C)cc(c54)n2-3)CC(C(C)(C)C)C=1. The standard InChI is InChI=1S/C50H47N3OS/c1-48(2,3)28-21-22-35-37(24-28)51(36-18-14-17-32-31-15-10-12-19-41(31)54-46(32)36)39-26-30(50(7,8)9)27-40-45(39)52(35)38-25-29(49(4,5)6)23-34-43(38)53(40)44-33-16-11-13-20-42(33)55-47(34)44/h10-26,30H,27H2,1-9H3. The second-order valence-corrected chi connectivity index (χ2v) is 20.2. The number of rotatable bonds is 1. The van der Waals surface area contributed by atoms with Crippen LogP contribution in [0, 0.1) is 11.3 Å². The van der Waals surface area contributed by atoms with Crippen LogP contribution in [0.4, 0.5) is 0 Å². The Balaban J connectivity index is 1.46. The summed E-state index contributed by atoms with van der Waals surface area (Å²) in [4.78, 5) is 0. The number of furan rings is 1. The molecular formula is C50H47N3OS. The van der Waals surface area contributed by atoms with Crippen molar-refractivity contribution in [3.05, 3.63) is 119 Å². The highest BCUT2D eigenvalue weighted by Crippen LogP contribution is 2.48. The minimum absolute atomic E-state index is 0.0272. The van der Waals surface area contributed by atoms with Gasteiger partial charge in [-0.05, 0) is 82.2 Å². The zero-order chi connectivity index (χ0) is 37.9. The van der Waals surface area contributed by atoms with Crippen molar-refractivity contribution in [3.63, 3.8) is 0 Å². The lowest BCUT2D eigenvalue weighted by molar-refractivity contribution is 0.302. The lowest BCUT2D eigenvalue weighted by Crippen LogP contribution is -2.37. The molecule has 3 aliphatic rings. The molecule has 5 heterocycles. The zero-order valence-corrected chi connectivity index (χ0v) is 34.1. The minimum Gasteiger partial charge on any atom is -0.454 e. The normalized spacial score (nSPS) is 15.6. The Labute approximate surface area is 325 Å². The molecule has 274 valence electrons. The van der Waals surface area contributed by atoms with Crippen LogP contribution in [0.25, 0.3) is 87.1 Å². The highest BCUT2D eigenvalue weighted by Gasteiger charge is 2.35. The van der Waals surface area contributed by atoms with E-state index in [4.69, 9.17) is 4.42 Å². The number of para-hydroxylation sites is 2. The number of aromatic nitrogens is 3. The first kappa shape index (κ1) is 33.1. The summed E-state index contributed by atoms with van der Waals surface area (Å²) in [5.74, 6) is 0.292. The zero-order valence-electron chi connectivity index (χ0n) is 33.3. The van der Waals surface area contributed by atoms with E-state index >= 15 is 0 Å². The molecule has 5 aromatic carbocycles. The van der Waals surface area contributed by atoms with E-state index in [2.05, 4.69) is 179 Å². The molecule has 1 unspecified atom stereocenters. The Hall–Kier alpha value is -5.26. The van der Waals surface area contributed by atoms with Gasteiger partial charge in [-0.1, -0.05) is 123 Å². The van der Waals surface area contributed by atoms with Gasteiger partial charge in [0.1, 0.15) is 5.58 Å². The largest absolute Gasteiger partial charge is 0.454 e. The molecule has 0 bridgehead atoms. The predicted octanol–water partition coefficient (Wildman–Crippen LogP) is 13.4. The Morgan fingerprint density at radius 1 is 0.618 bits per heavy atom. The topological polar surface area (TPSA) is 27.4 Å². The molecular weight excluding hydrogens is 691 g/mol. The summed E-state index contributed by atoms with van der Waals surface area (Å²) in [5, 5.41) is 6.21. The monoisotopic (exact) mass is 737 g/mol. The average molecular weight is 738 g/mol. The summed E-state index contributed by atoms with van der Waals surface area (Å²) in [5.41, 5.74) is 14.5. The van der Waals surface area contributed by atoms with Crippen molar-refractivity contribution < 1.29 is 4.42 Å². The van der Waals surface area contributed by atoms with Gasteiger partial charge in [0.25, 0.3) is 0 Å². The number of thiophene rings is 1. The second kappa shape index (κ2) is 10.7. The molecule has 5 heteroatoms. The van der Waals surface area contributed by atoms with Gasteiger partial charge in [-0.25, -0.2) is 0 Å². The Bertz CT molecular complexity index is 3300. The maximum atomic E-state index is 6.85. The van der Waals surface area contributed by atoms with Gasteiger partial charge in [0.05, 0.1) is 54.7 Å². The van der Waals surface area contributed by atoms with Crippen molar-refractivity contribution in [3.8, 4) is 11.4 Å². The molecule has 0 N–H and O–H groups in total. The van der Waals surface area contributed by atoms with Crippen LogP contribution in [0.5, 0.6) is 0 Å². The molecule has 1 atom stereocenters. The predicted molar refractivity (Wildman–Crippen MR) is 235 cm³/mol. The Morgan fingerprint density at radius 2 is 1.33 bits per heavy atom. The fraction of sp³-hybridized carbons (Fsp3) is 0.280. The first-order valence-electron chi connectivity index (χ1n) is 19.8. The summed E-state index contributed by atoms with van der Waals surface area (Å²) in [6.07, 6.45) is 3.54. The molecule has 8 aromatic rings. The molecule has 2 aliphatic heterocycles. The highest BCUT2D eigenvalue weighted by atomic mass is 32.1. The summed E-state index contributed by atoms with van der Waals surface area (Å²) >= 11 is 1.95. The lowest BCUT2D eigenvalue weighted by atomic mass is 9.75. The lowest BCUT2D eigenvalue weighted by Gasteiger charge is -2.36. The van der Waals surface area contributed by atoms with E-state index < -0.39 is 0 Å². The Morgan fingerprint density at radius 3 is 2.09 bits per heavy atom. The van der Waals surface area contributed by atoms with Crippen molar-refractivity contribution in [2.24, 2.45) is 11.3 Å². The molecule has 11 rings (SSSR count). The third-order valence-corrected chi connectivity index (χ3v) is 13.7. The van der Waals surface area contributed by atoms with Gasteiger partial charge in [0.2, 0.25) is 0 Å². The summed E-state index contributed by atoms with van der Waals surface area (Å²) in [6, 6.07) is 36.4. The van der Waals surface area contributed by atoms with Gasteiger partial charge in [-0.2, -0.15) is 0 Å². The van der Waals surface area contributed by atoms with Crippen LogP contribution in [0.3, 0.4) is 0 Å². The van der Waals surface area contributed by atoms with Gasteiger partial charge in [-0.3, -0.25) is 0 Å². The van der Waals surface area contributed by atoms with Crippen LogP contribution < -0.4 is 5.35 Å². The number of nitrogens with zero attached hydrogens (tertiary/aromatic N) is 3. The van der Waals surface area contributed by atoms with Crippen LogP contribution >= 0.6 is 11.3 Å². The maximum absolute atomic E-state index is 6.85. The molecule has 0 saturated carbocycles. The average Bonchev–Trinajstić information content (AvgIpc) is 3.81. The second-order valence-electron chi connectivity index (χ2n) is 19.2. The van der Waals surface area contributed by atoms with E-state index in [-0.39, 0.29) is 16.2 Å². The van der Waals surface area contributed by atoms with Gasteiger partial charge in [0.15, 0.2) is 5.58 Å². The van der Waals surface area contributed by atoms with Crippen molar-refractivity contribution in [2.45, 2.75) is 79.6 Å². The molecule has 4 nitrogen and oxygen atoms in total. The maximum Gasteiger partial charge on any atom is 0.159 e. The summed E-state index contributed by atoms with van der Waals surface area (Å²) < 4.78 is 17.5. The molecule has 1 aliphatic carbocycles. The van der Waals surface area contributed by atoms with Crippen molar-refractivity contribution in [1.82, 2.24) is 13.5 Å². The van der Waals surface area contributed by atoms with Crippen LogP contribution in [-0.2, 0) is 17.3 Å².